The molecule has 0 spiro atoms. The summed E-state index contributed by atoms with van der Waals surface area (Å²) in [5, 5.41) is 0.911. The van der Waals surface area contributed by atoms with Crippen LogP contribution in [0.4, 0.5) is 0 Å². The number of carbonyl (C=O) groups excluding carboxylic acids is 1. The minimum atomic E-state index is -0.137. The van der Waals surface area contributed by atoms with Gasteiger partial charge in [-0.05, 0) is 37.6 Å². The standard InChI is InChI=1S/C16H20N2O3S/c1-3-21-15(19)5-4-12-22-16-17-10-11-18(16)13-6-8-14(20-2)9-7-13/h6-11H,3-5,12H2,1-2H3. The number of benzene rings is 1. The Kier molecular flexibility index (Phi) is 6.33. The van der Waals surface area contributed by atoms with Gasteiger partial charge in [-0.1, -0.05) is 11.8 Å². The lowest BCUT2D eigenvalue weighted by atomic mass is 10.3. The van der Waals surface area contributed by atoms with Crippen molar-refractivity contribution in [2.24, 2.45) is 0 Å². The smallest absolute Gasteiger partial charge is 0.305 e. The van der Waals surface area contributed by atoms with Crippen LogP contribution in [0.25, 0.3) is 5.69 Å². The molecule has 0 unspecified atom stereocenters. The molecule has 6 heteroatoms. The monoisotopic (exact) mass is 320 g/mol. The average Bonchev–Trinajstić information content (AvgIpc) is 3.00. The second-order valence-corrected chi connectivity index (χ2v) is 5.60. The highest BCUT2D eigenvalue weighted by molar-refractivity contribution is 7.99. The highest BCUT2D eigenvalue weighted by Gasteiger charge is 2.07. The number of imidazole rings is 1. The lowest BCUT2D eigenvalue weighted by molar-refractivity contribution is -0.143. The number of ether oxygens (including phenoxy) is 2. The summed E-state index contributed by atoms with van der Waals surface area (Å²) in [6.45, 7) is 2.26. The van der Waals surface area contributed by atoms with Crippen LogP contribution in [0.5, 0.6) is 5.75 Å². The molecule has 0 aliphatic heterocycles. The van der Waals surface area contributed by atoms with E-state index >= 15 is 0 Å². The van der Waals surface area contributed by atoms with Crippen LogP contribution in [0.15, 0.2) is 41.8 Å². The molecular weight excluding hydrogens is 300 g/mol. The van der Waals surface area contributed by atoms with Crippen LogP contribution < -0.4 is 4.74 Å². The quantitative estimate of drug-likeness (QED) is 0.424. The van der Waals surface area contributed by atoms with Gasteiger partial charge in [0, 0.05) is 30.3 Å². The van der Waals surface area contributed by atoms with Gasteiger partial charge < -0.3 is 9.47 Å². The van der Waals surface area contributed by atoms with Gasteiger partial charge in [0.05, 0.1) is 13.7 Å². The molecular formula is C16H20N2O3S. The van der Waals surface area contributed by atoms with E-state index in [2.05, 4.69) is 4.98 Å². The maximum Gasteiger partial charge on any atom is 0.305 e. The van der Waals surface area contributed by atoms with E-state index < -0.39 is 0 Å². The number of carbonyl (C=O) groups is 1. The van der Waals surface area contributed by atoms with Gasteiger partial charge >= 0.3 is 5.97 Å². The molecule has 2 aromatic rings. The summed E-state index contributed by atoms with van der Waals surface area (Å²) in [4.78, 5) is 15.7. The first-order chi connectivity index (χ1) is 10.7. The molecule has 0 N–H and O–H groups in total. The molecule has 0 radical (unpaired) electrons. The first kappa shape index (κ1) is 16.4. The lowest BCUT2D eigenvalue weighted by Crippen LogP contribution is -2.04. The van der Waals surface area contributed by atoms with Crippen LogP contribution in [0.3, 0.4) is 0 Å². The molecule has 1 aromatic carbocycles. The van der Waals surface area contributed by atoms with Crippen molar-refractivity contribution in [2.75, 3.05) is 19.5 Å². The largest absolute Gasteiger partial charge is 0.497 e. The van der Waals surface area contributed by atoms with Gasteiger partial charge in [0.2, 0.25) is 0 Å². The van der Waals surface area contributed by atoms with E-state index in [-0.39, 0.29) is 5.97 Å². The first-order valence-corrected chi connectivity index (χ1v) is 8.19. The van der Waals surface area contributed by atoms with Gasteiger partial charge in [-0.15, -0.1) is 0 Å². The molecule has 0 aliphatic rings. The number of hydrogen-bond donors (Lipinski definition) is 0. The third-order valence-corrected chi connectivity index (χ3v) is 4.07. The van der Waals surface area contributed by atoms with E-state index in [4.69, 9.17) is 9.47 Å². The second kappa shape index (κ2) is 8.48. The molecule has 0 saturated carbocycles. The SMILES string of the molecule is CCOC(=O)CCCSc1nccn1-c1ccc(OC)cc1. The van der Waals surface area contributed by atoms with E-state index in [1.165, 1.54) is 0 Å². The van der Waals surface area contributed by atoms with Crippen LogP contribution in [0, 0.1) is 0 Å². The van der Waals surface area contributed by atoms with Crippen molar-refractivity contribution in [3.63, 3.8) is 0 Å². The minimum Gasteiger partial charge on any atom is -0.497 e. The number of rotatable bonds is 8. The predicted molar refractivity (Wildman–Crippen MR) is 86.7 cm³/mol. The Morgan fingerprint density at radius 1 is 1.32 bits per heavy atom. The molecule has 0 fully saturated rings. The summed E-state index contributed by atoms with van der Waals surface area (Å²) in [6.07, 6.45) is 4.93. The van der Waals surface area contributed by atoms with E-state index in [1.807, 2.05) is 42.0 Å². The molecule has 0 bridgehead atoms. The van der Waals surface area contributed by atoms with Crippen LogP contribution in [-0.4, -0.2) is 35.0 Å². The van der Waals surface area contributed by atoms with Gasteiger partial charge in [0.1, 0.15) is 5.75 Å². The normalized spacial score (nSPS) is 10.5. The van der Waals surface area contributed by atoms with Crippen LogP contribution in [0.1, 0.15) is 19.8 Å². The summed E-state index contributed by atoms with van der Waals surface area (Å²) in [5.41, 5.74) is 1.03. The third kappa shape index (κ3) is 4.53. The number of hydrogen-bond acceptors (Lipinski definition) is 5. The number of esters is 1. The van der Waals surface area contributed by atoms with Crippen molar-refractivity contribution >= 4 is 17.7 Å². The number of nitrogens with zero attached hydrogens (tertiary/aromatic N) is 2. The van der Waals surface area contributed by atoms with Crippen molar-refractivity contribution < 1.29 is 14.3 Å². The van der Waals surface area contributed by atoms with E-state index in [0.717, 1.165) is 28.8 Å². The van der Waals surface area contributed by atoms with Crippen LogP contribution in [0.2, 0.25) is 0 Å². The first-order valence-electron chi connectivity index (χ1n) is 7.20. The van der Waals surface area contributed by atoms with Crippen LogP contribution >= 0.6 is 11.8 Å². The molecule has 1 aromatic heterocycles. The Balaban J connectivity index is 1.90. The Hall–Kier alpha value is -1.95. The van der Waals surface area contributed by atoms with Gasteiger partial charge in [-0.25, -0.2) is 4.98 Å². The number of methoxy groups -OCH3 is 1. The van der Waals surface area contributed by atoms with Crippen molar-refractivity contribution in [3.05, 3.63) is 36.7 Å². The number of thioether (sulfide) groups is 1. The molecule has 5 nitrogen and oxygen atoms in total. The maximum absolute atomic E-state index is 11.3. The Morgan fingerprint density at radius 2 is 2.09 bits per heavy atom. The highest BCUT2D eigenvalue weighted by atomic mass is 32.2. The molecule has 0 saturated heterocycles. The van der Waals surface area contributed by atoms with Crippen LogP contribution in [-0.2, 0) is 9.53 Å². The minimum absolute atomic E-state index is 0.137. The summed E-state index contributed by atoms with van der Waals surface area (Å²) in [7, 11) is 1.65. The fourth-order valence-electron chi connectivity index (χ4n) is 1.95. The molecule has 0 aliphatic carbocycles. The molecule has 22 heavy (non-hydrogen) atoms. The fraction of sp³-hybridized carbons (Fsp3) is 0.375. The number of aromatic nitrogens is 2. The maximum atomic E-state index is 11.3. The summed E-state index contributed by atoms with van der Waals surface area (Å²) in [5.74, 6) is 1.51. The third-order valence-electron chi connectivity index (χ3n) is 3.02. The second-order valence-electron chi connectivity index (χ2n) is 4.53. The predicted octanol–water partition coefficient (Wildman–Crippen LogP) is 3.32. The van der Waals surface area contributed by atoms with Crippen molar-refractivity contribution in [2.45, 2.75) is 24.9 Å². The van der Waals surface area contributed by atoms with Crippen molar-refractivity contribution in [3.8, 4) is 11.4 Å². The summed E-state index contributed by atoms with van der Waals surface area (Å²) < 4.78 is 12.1. The average molecular weight is 320 g/mol. The summed E-state index contributed by atoms with van der Waals surface area (Å²) >= 11 is 1.63. The van der Waals surface area contributed by atoms with Gasteiger partial charge in [0.15, 0.2) is 5.16 Å². The fourth-order valence-corrected chi connectivity index (χ4v) is 2.86. The van der Waals surface area contributed by atoms with Gasteiger partial charge in [-0.3, -0.25) is 9.36 Å². The van der Waals surface area contributed by atoms with Crippen molar-refractivity contribution in [1.82, 2.24) is 9.55 Å². The Bertz CT molecular complexity index is 596. The molecule has 118 valence electrons. The molecule has 0 atom stereocenters. The van der Waals surface area contributed by atoms with Crippen molar-refractivity contribution in [1.29, 1.82) is 0 Å². The summed E-state index contributed by atoms with van der Waals surface area (Å²) in [6, 6.07) is 7.82. The van der Waals surface area contributed by atoms with E-state index in [0.29, 0.717) is 13.0 Å². The molecule has 0 amide bonds. The zero-order valence-electron chi connectivity index (χ0n) is 12.8. The molecule has 2 rings (SSSR count). The zero-order valence-corrected chi connectivity index (χ0v) is 13.6. The van der Waals surface area contributed by atoms with Gasteiger partial charge in [-0.2, -0.15) is 0 Å². The molecule has 1 heterocycles. The Labute approximate surface area is 134 Å². The zero-order chi connectivity index (χ0) is 15.8. The Morgan fingerprint density at radius 3 is 2.77 bits per heavy atom. The lowest BCUT2D eigenvalue weighted by Gasteiger charge is -2.08. The highest BCUT2D eigenvalue weighted by Crippen LogP contribution is 2.23. The topological polar surface area (TPSA) is 53.3 Å². The van der Waals surface area contributed by atoms with E-state index in [9.17, 15) is 4.79 Å². The van der Waals surface area contributed by atoms with Gasteiger partial charge in [0.25, 0.3) is 0 Å². The van der Waals surface area contributed by atoms with E-state index in [1.54, 1.807) is 25.1 Å².